The summed E-state index contributed by atoms with van der Waals surface area (Å²) in [6.07, 6.45) is 1.93. The van der Waals surface area contributed by atoms with Gasteiger partial charge in [-0.15, -0.1) is 11.8 Å². The number of nitriles is 1. The Morgan fingerprint density at radius 2 is 2.16 bits per heavy atom. The van der Waals surface area contributed by atoms with E-state index < -0.39 is 5.54 Å². The zero-order valence-electron chi connectivity index (χ0n) is 12.4. The molecule has 1 atom stereocenters. The van der Waals surface area contributed by atoms with Gasteiger partial charge in [-0.05, 0) is 58.4 Å². The fraction of sp³-hybridized carbons (Fsp3) is 0.562. The molecular formula is C16H24N2S. The van der Waals surface area contributed by atoms with Crippen LogP contribution in [0.1, 0.15) is 39.2 Å². The maximum absolute atomic E-state index is 9.27. The summed E-state index contributed by atoms with van der Waals surface area (Å²) in [4.78, 5) is 1.32. The highest BCUT2D eigenvalue weighted by Gasteiger charge is 2.23. The van der Waals surface area contributed by atoms with Gasteiger partial charge in [0.1, 0.15) is 5.54 Å². The van der Waals surface area contributed by atoms with Crippen LogP contribution >= 0.6 is 11.8 Å². The minimum atomic E-state index is -0.401. The number of thioether (sulfide) groups is 1. The Bertz CT molecular complexity index is 437. The molecule has 1 aromatic rings. The van der Waals surface area contributed by atoms with E-state index in [0.29, 0.717) is 6.04 Å². The van der Waals surface area contributed by atoms with Crippen LogP contribution < -0.4 is 5.32 Å². The van der Waals surface area contributed by atoms with E-state index in [1.807, 2.05) is 18.7 Å². The van der Waals surface area contributed by atoms with Crippen LogP contribution in [0, 0.1) is 18.3 Å². The van der Waals surface area contributed by atoms with Gasteiger partial charge in [-0.3, -0.25) is 5.32 Å². The number of benzene rings is 1. The third-order valence-electron chi connectivity index (χ3n) is 2.93. The molecule has 0 heterocycles. The predicted molar refractivity (Wildman–Crippen MR) is 83.4 cm³/mol. The second-order valence-corrected chi connectivity index (χ2v) is 6.68. The first-order valence-electron chi connectivity index (χ1n) is 6.83. The zero-order chi connectivity index (χ0) is 14.3. The van der Waals surface area contributed by atoms with Crippen LogP contribution in [0.25, 0.3) is 0 Å². The highest BCUT2D eigenvalue weighted by molar-refractivity contribution is 7.99. The first kappa shape index (κ1) is 16.1. The van der Waals surface area contributed by atoms with E-state index in [2.05, 4.69) is 56.4 Å². The molecule has 19 heavy (non-hydrogen) atoms. The van der Waals surface area contributed by atoms with Gasteiger partial charge < -0.3 is 0 Å². The summed E-state index contributed by atoms with van der Waals surface area (Å²) < 4.78 is 0. The van der Waals surface area contributed by atoms with Crippen molar-refractivity contribution < 1.29 is 0 Å². The highest BCUT2D eigenvalue weighted by atomic mass is 32.2. The van der Waals surface area contributed by atoms with Crippen LogP contribution in [-0.2, 0) is 0 Å². The summed E-state index contributed by atoms with van der Waals surface area (Å²) in [5.41, 5.74) is 0.898. The van der Waals surface area contributed by atoms with Crippen molar-refractivity contribution in [1.82, 2.24) is 5.32 Å². The molecule has 0 bridgehead atoms. The average Bonchev–Trinajstić information content (AvgIpc) is 2.34. The molecule has 0 saturated carbocycles. The monoisotopic (exact) mass is 276 g/mol. The molecule has 0 spiro atoms. The third-order valence-corrected chi connectivity index (χ3v) is 4.01. The van der Waals surface area contributed by atoms with Crippen molar-refractivity contribution in [2.45, 2.75) is 57.0 Å². The molecule has 0 aliphatic carbocycles. The number of nitrogens with one attached hydrogen (secondary N) is 1. The summed E-state index contributed by atoms with van der Waals surface area (Å²) in [7, 11) is 0. The Labute approximate surface area is 121 Å². The van der Waals surface area contributed by atoms with Crippen molar-refractivity contribution in [3.63, 3.8) is 0 Å². The van der Waals surface area contributed by atoms with Gasteiger partial charge in [-0.25, -0.2) is 0 Å². The number of nitrogens with zero attached hydrogens (tertiary/aromatic N) is 1. The Hall–Kier alpha value is -0.980. The number of aryl methyl sites for hydroxylation is 1. The molecule has 0 fully saturated rings. The molecule has 0 saturated heterocycles. The van der Waals surface area contributed by atoms with E-state index in [1.54, 1.807) is 0 Å². The first-order chi connectivity index (χ1) is 8.95. The lowest BCUT2D eigenvalue weighted by Gasteiger charge is -2.25. The molecule has 2 nitrogen and oxygen atoms in total. The van der Waals surface area contributed by atoms with E-state index in [9.17, 15) is 5.26 Å². The zero-order valence-corrected chi connectivity index (χ0v) is 13.2. The SMILES string of the molecule is Cc1cccc(SCCCC(C)(C#N)NC(C)C)c1. The smallest absolute Gasteiger partial charge is 0.104 e. The van der Waals surface area contributed by atoms with Crippen LogP contribution in [0.4, 0.5) is 0 Å². The van der Waals surface area contributed by atoms with Gasteiger partial charge in [-0.2, -0.15) is 5.26 Å². The standard InChI is InChI=1S/C16H24N2S/c1-13(2)18-16(4,12-17)9-6-10-19-15-8-5-7-14(3)11-15/h5,7-8,11,13,18H,6,9-10H2,1-4H3. The maximum Gasteiger partial charge on any atom is 0.104 e. The van der Waals surface area contributed by atoms with Crippen molar-refractivity contribution in [1.29, 1.82) is 5.26 Å². The fourth-order valence-corrected chi connectivity index (χ4v) is 3.09. The lowest BCUT2D eigenvalue weighted by atomic mass is 9.97. The van der Waals surface area contributed by atoms with Gasteiger partial charge >= 0.3 is 0 Å². The molecule has 0 radical (unpaired) electrons. The van der Waals surface area contributed by atoms with Crippen molar-refractivity contribution in [2.75, 3.05) is 5.75 Å². The third kappa shape index (κ3) is 6.13. The van der Waals surface area contributed by atoms with E-state index in [-0.39, 0.29) is 0 Å². The van der Waals surface area contributed by atoms with Crippen LogP contribution in [-0.4, -0.2) is 17.3 Å². The van der Waals surface area contributed by atoms with Gasteiger partial charge in [0.2, 0.25) is 0 Å². The van der Waals surface area contributed by atoms with Crippen molar-refractivity contribution >= 4 is 11.8 Å². The van der Waals surface area contributed by atoms with Crippen molar-refractivity contribution in [2.24, 2.45) is 0 Å². The predicted octanol–water partition coefficient (Wildman–Crippen LogP) is 4.15. The molecule has 1 rings (SSSR count). The average molecular weight is 276 g/mol. The molecule has 0 amide bonds. The summed E-state index contributed by atoms with van der Waals surface area (Å²) >= 11 is 1.87. The van der Waals surface area contributed by atoms with E-state index in [1.165, 1.54) is 10.5 Å². The fourth-order valence-electron chi connectivity index (χ4n) is 2.12. The summed E-state index contributed by atoms with van der Waals surface area (Å²) in [6.45, 7) is 8.27. The molecule has 0 aromatic heterocycles. The van der Waals surface area contributed by atoms with Gasteiger partial charge in [0.25, 0.3) is 0 Å². The molecule has 104 valence electrons. The normalized spacial score (nSPS) is 14.1. The van der Waals surface area contributed by atoms with Crippen molar-refractivity contribution in [3.05, 3.63) is 29.8 Å². The number of hydrogen-bond donors (Lipinski definition) is 1. The Morgan fingerprint density at radius 1 is 1.42 bits per heavy atom. The van der Waals surface area contributed by atoms with Crippen LogP contribution in [0.2, 0.25) is 0 Å². The maximum atomic E-state index is 9.27. The van der Waals surface area contributed by atoms with Crippen LogP contribution in [0.15, 0.2) is 29.2 Å². The van der Waals surface area contributed by atoms with Crippen LogP contribution in [0.5, 0.6) is 0 Å². The van der Waals surface area contributed by atoms with E-state index in [0.717, 1.165) is 18.6 Å². The Balaban J connectivity index is 2.36. The van der Waals surface area contributed by atoms with E-state index >= 15 is 0 Å². The minimum absolute atomic E-state index is 0.342. The van der Waals surface area contributed by atoms with Gasteiger partial charge in [-0.1, -0.05) is 17.7 Å². The number of rotatable bonds is 7. The summed E-state index contributed by atoms with van der Waals surface area (Å²) in [6, 6.07) is 11.3. The second-order valence-electron chi connectivity index (χ2n) is 5.51. The lowest BCUT2D eigenvalue weighted by molar-refractivity contribution is 0.380. The Morgan fingerprint density at radius 3 is 2.74 bits per heavy atom. The quantitative estimate of drug-likeness (QED) is 0.600. The molecule has 1 N–H and O–H groups in total. The molecule has 0 aliphatic heterocycles. The van der Waals surface area contributed by atoms with Crippen molar-refractivity contribution in [3.8, 4) is 6.07 Å². The first-order valence-corrected chi connectivity index (χ1v) is 7.82. The van der Waals surface area contributed by atoms with Gasteiger partial charge in [0.15, 0.2) is 0 Å². The molecular weight excluding hydrogens is 252 g/mol. The van der Waals surface area contributed by atoms with Gasteiger partial charge in [0.05, 0.1) is 6.07 Å². The van der Waals surface area contributed by atoms with Gasteiger partial charge in [0, 0.05) is 10.9 Å². The summed E-state index contributed by atoms with van der Waals surface area (Å²) in [5, 5.41) is 12.6. The lowest BCUT2D eigenvalue weighted by Crippen LogP contribution is -2.44. The van der Waals surface area contributed by atoms with Crippen LogP contribution in [0.3, 0.4) is 0 Å². The Kier molecular flexibility index (Phi) is 6.41. The second kappa shape index (κ2) is 7.57. The molecule has 1 aromatic carbocycles. The largest absolute Gasteiger partial charge is 0.297 e. The molecule has 0 aliphatic rings. The van der Waals surface area contributed by atoms with E-state index in [4.69, 9.17) is 0 Å². The number of hydrogen-bond acceptors (Lipinski definition) is 3. The highest BCUT2D eigenvalue weighted by Crippen LogP contribution is 2.22. The summed E-state index contributed by atoms with van der Waals surface area (Å²) in [5.74, 6) is 1.06. The molecule has 3 heteroatoms. The topological polar surface area (TPSA) is 35.8 Å². The minimum Gasteiger partial charge on any atom is -0.297 e. The molecule has 1 unspecified atom stereocenters.